The van der Waals surface area contributed by atoms with Crippen molar-refractivity contribution in [1.82, 2.24) is 0 Å². The number of ether oxygens (including phenoxy) is 1. The Labute approximate surface area is 154 Å². The highest BCUT2D eigenvalue weighted by Crippen LogP contribution is 2.48. The van der Waals surface area contributed by atoms with Gasteiger partial charge in [-0.05, 0) is 29.2 Å². The summed E-state index contributed by atoms with van der Waals surface area (Å²) in [6.07, 6.45) is 13.1. The second kappa shape index (κ2) is 6.34. The van der Waals surface area contributed by atoms with Gasteiger partial charge < -0.3 is 4.74 Å². The maximum absolute atomic E-state index is 5.88. The molecule has 0 bridgehead atoms. The van der Waals surface area contributed by atoms with E-state index < -0.39 is 0 Å². The topological polar surface area (TPSA) is 9.23 Å². The number of rotatable bonds is 2. The molecule has 0 amide bonds. The lowest BCUT2D eigenvalue weighted by Crippen LogP contribution is -2.20. The van der Waals surface area contributed by atoms with Crippen molar-refractivity contribution < 1.29 is 4.74 Å². The Hall–Kier alpha value is -1.50. The molecule has 0 N–H and O–H groups in total. The average molecular weight is 333 g/mol. The molecule has 5 radical (unpaired) electrons. The third kappa shape index (κ3) is 3.57. The van der Waals surface area contributed by atoms with Gasteiger partial charge in [-0.25, -0.2) is 0 Å². The Balaban J connectivity index is 2.08. The molecule has 0 heterocycles. The highest BCUT2D eigenvalue weighted by molar-refractivity contribution is 5.67. The van der Waals surface area contributed by atoms with Gasteiger partial charge in [0, 0.05) is 28.9 Å². The van der Waals surface area contributed by atoms with E-state index in [-0.39, 0.29) is 10.8 Å². The van der Waals surface area contributed by atoms with Gasteiger partial charge in [-0.2, -0.15) is 0 Å². The molecular weight excluding hydrogens is 304 g/mol. The zero-order chi connectivity index (χ0) is 18.4. The van der Waals surface area contributed by atoms with E-state index in [1.807, 2.05) is 0 Å². The monoisotopic (exact) mass is 333 g/mol. The van der Waals surface area contributed by atoms with Crippen LogP contribution < -0.4 is 4.74 Å². The first-order chi connectivity index (χ1) is 11.6. The van der Waals surface area contributed by atoms with Gasteiger partial charge in [0.2, 0.25) is 0 Å². The second-order valence-corrected chi connectivity index (χ2v) is 8.98. The number of benzene rings is 1. The molecule has 0 aliphatic heterocycles. The molecule has 131 valence electrons. The fraction of sp³-hybridized carbons (Fsp3) is 0.375. The van der Waals surface area contributed by atoms with Gasteiger partial charge in [-0.15, -0.1) is 0 Å². The summed E-state index contributed by atoms with van der Waals surface area (Å²) in [6.45, 7) is 13.5. The molecule has 0 unspecified atom stereocenters. The molecule has 0 saturated heterocycles. The van der Waals surface area contributed by atoms with Crippen molar-refractivity contribution in [1.29, 1.82) is 0 Å². The number of hydrogen-bond donors (Lipinski definition) is 0. The van der Waals surface area contributed by atoms with E-state index in [0.29, 0.717) is 0 Å². The van der Waals surface area contributed by atoms with Crippen molar-refractivity contribution in [3.05, 3.63) is 83.7 Å². The summed E-state index contributed by atoms with van der Waals surface area (Å²) in [5.74, 6) is 4.89. The predicted molar refractivity (Wildman–Crippen MR) is 106 cm³/mol. The highest BCUT2D eigenvalue weighted by atomic mass is 16.5. The Morgan fingerprint density at radius 2 is 1.12 bits per heavy atom. The van der Waals surface area contributed by atoms with Gasteiger partial charge in [0.1, 0.15) is 5.75 Å². The van der Waals surface area contributed by atoms with E-state index in [4.69, 9.17) is 4.74 Å². The van der Waals surface area contributed by atoms with Crippen LogP contribution in [0.4, 0.5) is 0 Å². The molecule has 2 aliphatic carbocycles. The molecule has 1 aromatic rings. The van der Waals surface area contributed by atoms with Gasteiger partial charge in [0.25, 0.3) is 0 Å². The van der Waals surface area contributed by atoms with Gasteiger partial charge >= 0.3 is 0 Å². The Morgan fingerprint density at radius 3 is 1.48 bits per heavy atom. The maximum atomic E-state index is 5.88. The van der Waals surface area contributed by atoms with Gasteiger partial charge in [-0.1, -0.05) is 78.0 Å². The zero-order valence-corrected chi connectivity index (χ0v) is 16.5. The molecule has 0 spiro atoms. The molecule has 0 aromatic heterocycles. The van der Waals surface area contributed by atoms with Crippen LogP contribution in [0.15, 0.2) is 36.4 Å². The van der Waals surface area contributed by atoms with E-state index in [1.165, 1.54) is 34.4 Å². The zero-order valence-electron chi connectivity index (χ0n) is 16.5. The Morgan fingerprint density at radius 1 is 0.680 bits per heavy atom. The minimum atomic E-state index is 0.0212. The summed E-state index contributed by atoms with van der Waals surface area (Å²) in [5.41, 5.74) is 3.85. The predicted octanol–water partition coefficient (Wildman–Crippen LogP) is 5.91. The van der Waals surface area contributed by atoms with Gasteiger partial charge in [0.15, 0.2) is 0 Å². The molecule has 1 aromatic carbocycles. The van der Waals surface area contributed by atoms with Crippen molar-refractivity contribution in [3.8, 4) is 5.75 Å². The number of allylic oxidation sites excluding steroid dienone is 4. The molecule has 1 fully saturated rings. The van der Waals surface area contributed by atoms with Crippen molar-refractivity contribution in [2.75, 3.05) is 7.11 Å². The molecule has 1 nitrogen and oxygen atoms in total. The summed E-state index contributed by atoms with van der Waals surface area (Å²) in [4.78, 5) is 0. The fourth-order valence-corrected chi connectivity index (χ4v) is 3.45. The van der Waals surface area contributed by atoms with Crippen LogP contribution in [0.2, 0.25) is 0 Å². The standard InChI is InChI=1S/C24H29O/c1-23(2,3)20-14-19(15-21(22(20)25-7)24(4,5)6)18-12-16-10-8-9-11-17(16)13-18/h8-15H,1-7H3. The SMILES string of the molecule is COc1c(C(C)(C)C)cc([C]2[CH][C]3C=CC=C[C]3[CH]2)cc1C(C)(C)C. The Bertz CT molecular complexity index is 639. The van der Waals surface area contributed by atoms with Gasteiger partial charge in [-0.3, -0.25) is 0 Å². The smallest absolute Gasteiger partial charge is 0.126 e. The van der Waals surface area contributed by atoms with Crippen LogP contribution in [0, 0.1) is 30.6 Å². The summed E-state index contributed by atoms with van der Waals surface area (Å²) < 4.78 is 5.88. The molecule has 3 rings (SSSR count). The summed E-state index contributed by atoms with van der Waals surface area (Å²) >= 11 is 0. The lowest BCUT2D eigenvalue weighted by molar-refractivity contribution is 0.381. The maximum Gasteiger partial charge on any atom is 0.126 e. The lowest BCUT2D eigenvalue weighted by atomic mass is 9.76. The Kier molecular flexibility index (Phi) is 4.64. The van der Waals surface area contributed by atoms with Crippen LogP contribution in [0.3, 0.4) is 0 Å². The molecule has 2 aliphatic rings. The van der Waals surface area contributed by atoms with Crippen LogP contribution in [-0.2, 0) is 10.8 Å². The summed E-state index contributed by atoms with van der Waals surface area (Å²) in [5, 5.41) is 0. The van der Waals surface area contributed by atoms with E-state index in [2.05, 4.69) is 90.8 Å². The largest absolute Gasteiger partial charge is 0.496 e. The average Bonchev–Trinajstić information content (AvgIpc) is 2.95. The second-order valence-electron chi connectivity index (χ2n) is 8.98. The number of methoxy groups -OCH3 is 1. The normalized spacial score (nSPS) is 19.5. The number of fused-ring (bicyclic) bond motifs is 1. The molecular formula is C24H29O. The van der Waals surface area contributed by atoms with Gasteiger partial charge in [0.05, 0.1) is 7.11 Å². The number of hydrogen-bond acceptors (Lipinski definition) is 1. The van der Waals surface area contributed by atoms with E-state index >= 15 is 0 Å². The minimum absolute atomic E-state index is 0.0212. The molecule has 1 saturated carbocycles. The van der Waals surface area contributed by atoms with E-state index in [0.717, 1.165) is 5.75 Å². The quantitative estimate of drug-likeness (QED) is 0.654. The minimum Gasteiger partial charge on any atom is -0.496 e. The van der Waals surface area contributed by atoms with Crippen molar-refractivity contribution in [3.63, 3.8) is 0 Å². The van der Waals surface area contributed by atoms with Crippen LogP contribution in [-0.4, -0.2) is 7.11 Å². The third-order valence-electron chi connectivity index (χ3n) is 4.86. The van der Waals surface area contributed by atoms with Crippen molar-refractivity contribution in [2.24, 2.45) is 0 Å². The van der Waals surface area contributed by atoms with Crippen LogP contribution in [0.1, 0.15) is 58.2 Å². The molecule has 1 heteroatoms. The van der Waals surface area contributed by atoms with Crippen molar-refractivity contribution >= 4 is 0 Å². The van der Waals surface area contributed by atoms with Crippen molar-refractivity contribution in [2.45, 2.75) is 52.4 Å². The third-order valence-corrected chi connectivity index (χ3v) is 4.86. The first-order valence-corrected chi connectivity index (χ1v) is 9.00. The summed E-state index contributed by atoms with van der Waals surface area (Å²) in [6, 6.07) is 4.62. The van der Waals surface area contributed by atoms with E-state index in [1.54, 1.807) is 7.11 Å². The summed E-state index contributed by atoms with van der Waals surface area (Å²) in [7, 11) is 1.79. The van der Waals surface area contributed by atoms with Crippen LogP contribution >= 0.6 is 0 Å². The van der Waals surface area contributed by atoms with Crippen LogP contribution in [0.25, 0.3) is 0 Å². The van der Waals surface area contributed by atoms with Crippen LogP contribution in [0.5, 0.6) is 5.75 Å². The van der Waals surface area contributed by atoms with E-state index in [9.17, 15) is 0 Å². The molecule has 25 heavy (non-hydrogen) atoms. The first-order valence-electron chi connectivity index (χ1n) is 9.00. The molecule has 0 atom stereocenters. The lowest BCUT2D eigenvalue weighted by Gasteiger charge is -2.30. The fourth-order valence-electron chi connectivity index (χ4n) is 3.45. The first kappa shape index (κ1) is 18.3. The highest BCUT2D eigenvalue weighted by Gasteiger charge is 2.37.